The number of nitrogens with zero attached hydrogens (tertiary/aromatic N) is 2. The summed E-state index contributed by atoms with van der Waals surface area (Å²) in [5.74, 6) is 0.667. The molecule has 0 atom stereocenters. The Labute approximate surface area is 358 Å². The van der Waals surface area contributed by atoms with E-state index < -0.39 is 8.07 Å². The van der Waals surface area contributed by atoms with Gasteiger partial charge < -0.3 is 9.97 Å². The van der Waals surface area contributed by atoms with E-state index in [0.29, 0.717) is 5.92 Å². The van der Waals surface area contributed by atoms with Crippen molar-refractivity contribution in [3.05, 3.63) is 163 Å². The fraction of sp³-hybridized carbons (Fsp3) is 0.231. The van der Waals surface area contributed by atoms with Crippen LogP contribution in [0, 0.1) is 23.5 Å². The second kappa shape index (κ2) is 18.0. The monoisotopic (exact) mass is 957 g/mol. The first-order valence-corrected chi connectivity index (χ1v) is 24.1. The molecule has 0 aliphatic carbocycles. The molecule has 0 saturated carbocycles. The summed E-state index contributed by atoms with van der Waals surface area (Å²) >= 11 is 1.84. The number of rotatable bonds is 8. The zero-order chi connectivity index (χ0) is 39.5. The summed E-state index contributed by atoms with van der Waals surface area (Å²) in [6.07, 6.45) is 6.20. The predicted molar refractivity (Wildman–Crippen MR) is 245 cm³/mol. The van der Waals surface area contributed by atoms with E-state index in [1.54, 1.807) is 0 Å². The van der Waals surface area contributed by atoms with Crippen LogP contribution in [0.4, 0.5) is 0 Å². The van der Waals surface area contributed by atoms with Gasteiger partial charge in [-0.05, 0) is 80.2 Å². The molecule has 0 unspecified atom stereocenters. The van der Waals surface area contributed by atoms with Gasteiger partial charge in [0.15, 0.2) is 0 Å². The van der Waals surface area contributed by atoms with Crippen LogP contribution in [0.25, 0.3) is 64.9 Å². The third kappa shape index (κ3) is 10.1. The summed E-state index contributed by atoms with van der Waals surface area (Å²) in [6, 6.07) is 52.0. The fourth-order valence-corrected chi connectivity index (χ4v) is 10.3. The molecule has 57 heavy (non-hydrogen) atoms. The molecule has 5 aromatic carbocycles. The van der Waals surface area contributed by atoms with Crippen LogP contribution in [0.5, 0.6) is 0 Å². The molecule has 0 aliphatic heterocycles. The number of hydrogen-bond acceptors (Lipinski definition) is 3. The number of fused-ring (bicyclic) bond motifs is 3. The molecule has 0 bridgehead atoms. The van der Waals surface area contributed by atoms with Gasteiger partial charge in [-0.1, -0.05) is 161 Å². The van der Waals surface area contributed by atoms with E-state index in [0.717, 1.165) is 35.4 Å². The molecule has 0 N–H and O–H groups in total. The van der Waals surface area contributed by atoms with Gasteiger partial charge in [-0.3, -0.25) is 0 Å². The van der Waals surface area contributed by atoms with E-state index in [9.17, 15) is 0 Å². The Balaban J connectivity index is 0.000000223. The normalized spacial score (nSPS) is 11.7. The average Bonchev–Trinajstić information content (AvgIpc) is 3.57. The molecule has 8 rings (SSSR count). The van der Waals surface area contributed by atoms with Gasteiger partial charge in [0.1, 0.15) is 0 Å². The molecule has 5 heteroatoms. The molecule has 8 aromatic rings. The third-order valence-corrected chi connectivity index (χ3v) is 13.2. The Morgan fingerprint density at radius 2 is 1.42 bits per heavy atom. The van der Waals surface area contributed by atoms with E-state index >= 15 is 0 Å². The Bertz CT molecular complexity index is 2570. The van der Waals surface area contributed by atoms with Crippen molar-refractivity contribution in [2.24, 2.45) is 11.3 Å². The van der Waals surface area contributed by atoms with Crippen molar-refractivity contribution < 1.29 is 20.1 Å². The summed E-state index contributed by atoms with van der Waals surface area (Å²) in [7, 11) is -1.34. The molecular weight excluding hydrogens is 905 g/mol. The Hall–Kier alpha value is -4.51. The maximum Gasteiger partial charge on any atom is 0.0798 e. The van der Waals surface area contributed by atoms with Crippen molar-refractivity contribution >= 4 is 44.8 Å². The number of hydrogen-bond donors (Lipinski definition) is 0. The maximum absolute atomic E-state index is 4.80. The van der Waals surface area contributed by atoms with Crippen molar-refractivity contribution in [3.8, 4) is 44.8 Å². The quantitative estimate of drug-likeness (QED) is 0.112. The second-order valence-electron chi connectivity index (χ2n) is 17.5. The minimum absolute atomic E-state index is 0. The maximum atomic E-state index is 4.80. The molecule has 2 nitrogen and oxygen atoms in total. The minimum Gasteiger partial charge on any atom is -0.305 e. The summed E-state index contributed by atoms with van der Waals surface area (Å²) in [4.78, 5) is 9.49. The zero-order valence-corrected chi connectivity index (χ0v) is 38.6. The minimum atomic E-state index is -1.34. The molecular formula is C52H52IrN2SSi-2. The first kappa shape index (κ1) is 42.1. The van der Waals surface area contributed by atoms with Gasteiger partial charge in [0.2, 0.25) is 0 Å². The summed E-state index contributed by atoms with van der Waals surface area (Å²) < 4.78 is 2.53. The molecule has 291 valence electrons. The molecule has 0 fully saturated rings. The van der Waals surface area contributed by atoms with Crippen molar-refractivity contribution in [2.45, 2.75) is 67.1 Å². The van der Waals surface area contributed by atoms with Gasteiger partial charge in [-0.2, -0.15) is 11.3 Å². The van der Waals surface area contributed by atoms with Crippen LogP contribution < -0.4 is 5.19 Å². The number of pyridine rings is 2. The second-order valence-corrected chi connectivity index (χ2v) is 23.6. The molecule has 0 saturated heterocycles. The van der Waals surface area contributed by atoms with Crippen LogP contribution in [0.15, 0.2) is 140 Å². The van der Waals surface area contributed by atoms with Crippen molar-refractivity contribution in [3.63, 3.8) is 0 Å². The van der Waals surface area contributed by atoms with Gasteiger partial charge in [-0.15, -0.1) is 53.6 Å². The van der Waals surface area contributed by atoms with Crippen LogP contribution >= 0.6 is 11.3 Å². The van der Waals surface area contributed by atoms with Crippen molar-refractivity contribution in [1.29, 1.82) is 0 Å². The third-order valence-electron chi connectivity index (χ3n) is 9.96. The van der Waals surface area contributed by atoms with Crippen LogP contribution in [0.2, 0.25) is 19.6 Å². The molecule has 0 aliphatic rings. The molecule has 3 heterocycles. The Kier molecular flexibility index (Phi) is 13.3. The van der Waals surface area contributed by atoms with Gasteiger partial charge in [-0.25, -0.2) is 0 Å². The van der Waals surface area contributed by atoms with Gasteiger partial charge in [0.25, 0.3) is 0 Å². The fourth-order valence-electron chi connectivity index (χ4n) is 7.48. The SMILES string of the molecule is CC(C)(C)Cc1ccnc(-c2[c-]cc(-c3ccccc3)c3c2sc2ccc(-c4ccccc4)cc23)c1.CC(C)Cc1cc(-c2[c-]cccc2)ncc1[Si](C)(C)C.[Ir]. The van der Waals surface area contributed by atoms with Gasteiger partial charge in [0, 0.05) is 37.2 Å². The first-order valence-electron chi connectivity index (χ1n) is 19.8. The molecule has 0 spiro atoms. The summed E-state index contributed by atoms with van der Waals surface area (Å²) in [5, 5.41) is 4.07. The van der Waals surface area contributed by atoms with Crippen LogP contribution in [0.1, 0.15) is 45.7 Å². The van der Waals surface area contributed by atoms with E-state index in [1.165, 1.54) is 58.7 Å². The molecule has 0 amide bonds. The largest absolute Gasteiger partial charge is 0.305 e. The van der Waals surface area contributed by atoms with Crippen LogP contribution in [0.3, 0.4) is 0 Å². The average molecular weight is 957 g/mol. The summed E-state index contributed by atoms with van der Waals surface area (Å²) in [6.45, 7) is 18.6. The van der Waals surface area contributed by atoms with E-state index in [-0.39, 0.29) is 25.5 Å². The van der Waals surface area contributed by atoms with Gasteiger partial charge in [0.05, 0.1) is 8.07 Å². The smallest absolute Gasteiger partial charge is 0.0798 e. The van der Waals surface area contributed by atoms with E-state index in [4.69, 9.17) is 4.98 Å². The van der Waals surface area contributed by atoms with Crippen LogP contribution in [-0.2, 0) is 32.9 Å². The zero-order valence-electron chi connectivity index (χ0n) is 34.4. The first-order chi connectivity index (χ1) is 26.8. The summed E-state index contributed by atoms with van der Waals surface area (Å²) in [5.41, 5.74) is 12.1. The van der Waals surface area contributed by atoms with Crippen molar-refractivity contribution in [1.82, 2.24) is 9.97 Å². The number of thiophene rings is 1. The standard InChI is InChI=1S/C34H28NS.C18H24NSi.Ir/c1-34(2,3)22-23-18-19-35-30(20-23)28-16-15-27(25-12-8-5-9-13-25)32-29-21-26(24-10-6-4-7-11-24)14-17-31(29)36-33(28)32;1-14(2)11-16-12-17(15-9-7-6-8-10-15)19-13-18(16)20(3,4)5;/h4-15,17-21H,22H2,1-3H3;6-9,12-14H,11H2,1-5H3;/q2*-1;. The Morgan fingerprint density at radius 1 is 0.719 bits per heavy atom. The topological polar surface area (TPSA) is 25.8 Å². The molecule has 3 aromatic heterocycles. The van der Waals surface area contributed by atoms with E-state index in [1.807, 2.05) is 35.7 Å². The van der Waals surface area contributed by atoms with E-state index in [2.05, 4.69) is 187 Å². The van der Waals surface area contributed by atoms with Crippen LogP contribution in [-0.4, -0.2) is 18.0 Å². The Morgan fingerprint density at radius 3 is 2.07 bits per heavy atom. The predicted octanol–water partition coefficient (Wildman–Crippen LogP) is 14.1. The molecule has 1 radical (unpaired) electrons. The number of aromatic nitrogens is 2. The number of benzene rings is 5. The van der Waals surface area contributed by atoms with Gasteiger partial charge >= 0.3 is 0 Å². The van der Waals surface area contributed by atoms with Crippen molar-refractivity contribution in [2.75, 3.05) is 0 Å².